The molecule has 0 aromatic carbocycles. The molecular formula is C13H19BrN4S. The van der Waals surface area contributed by atoms with E-state index >= 15 is 0 Å². The van der Waals surface area contributed by atoms with Crippen LogP contribution in [-0.4, -0.2) is 21.3 Å². The van der Waals surface area contributed by atoms with Crippen molar-refractivity contribution < 1.29 is 0 Å². The first-order valence-electron chi connectivity index (χ1n) is 6.54. The molecule has 2 heterocycles. The summed E-state index contributed by atoms with van der Waals surface area (Å²) in [6.45, 7) is 8.16. The average molecular weight is 343 g/mol. The summed E-state index contributed by atoms with van der Waals surface area (Å²) < 4.78 is 3.13. The minimum atomic E-state index is 0.152. The quantitative estimate of drug-likeness (QED) is 0.873. The van der Waals surface area contributed by atoms with Crippen molar-refractivity contribution in [2.24, 2.45) is 0 Å². The molecule has 1 atom stereocenters. The summed E-state index contributed by atoms with van der Waals surface area (Å²) in [6.07, 6.45) is 4.91. The lowest BCUT2D eigenvalue weighted by atomic mass is 10.2. The molecule has 1 unspecified atom stereocenters. The van der Waals surface area contributed by atoms with Crippen molar-refractivity contribution in [2.45, 2.75) is 39.8 Å². The van der Waals surface area contributed by atoms with Crippen molar-refractivity contribution in [3.63, 3.8) is 0 Å². The van der Waals surface area contributed by atoms with Crippen molar-refractivity contribution in [3.8, 4) is 0 Å². The van der Waals surface area contributed by atoms with Gasteiger partial charge in [-0.1, -0.05) is 13.8 Å². The Morgan fingerprint density at radius 3 is 2.79 bits per heavy atom. The maximum Gasteiger partial charge on any atom is 0.0897 e. The normalized spacial score (nSPS) is 12.8. The fourth-order valence-electron chi connectivity index (χ4n) is 2.10. The Morgan fingerprint density at radius 2 is 2.21 bits per heavy atom. The monoisotopic (exact) mass is 342 g/mol. The minimum Gasteiger partial charge on any atom is -0.305 e. The highest BCUT2D eigenvalue weighted by atomic mass is 79.9. The number of hydrogen-bond donors (Lipinski definition) is 1. The van der Waals surface area contributed by atoms with Crippen LogP contribution in [0.3, 0.4) is 0 Å². The van der Waals surface area contributed by atoms with Crippen molar-refractivity contribution in [1.29, 1.82) is 0 Å². The van der Waals surface area contributed by atoms with Gasteiger partial charge in [0.1, 0.15) is 0 Å². The molecule has 0 saturated carbocycles. The van der Waals surface area contributed by atoms with Crippen LogP contribution in [0.25, 0.3) is 0 Å². The fraction of sp³-hybridized carbons (Fsp3) is 0.538. The summed E-state index contributed by atoms with van der Waals surface area (Å²) in [5.74, 6) is 0. The molecule has 6 heteroatoms. The van der Waals surface area contributed by atoms with E-state index < -0.39 is 0 Å². The second-order valence-corrected chi connectivity index (χ2v) is 6.49. The maximum absolute atomic E-state index is 4.45. The van der Waals surface area contributed by atoms with E-state index in [4.69, 9.17) is 0 Å². The first-order chi connectivity index (χ1) is 9.17. The summed E-state index contributed by atoms with van der Waals surface area (Å²) in [4.78, 5) is 5.60. The summed E-state index contributed by atoms with van der Waals surface area (Å²) in [5, 5.41) is 9.08. The van der Waals surface area contributed by atoms with Gasteiger partial charge in [0.15, 0.2) is 0 Å². The number of thiazole rings is 1. The van der Waals surface area contributed by atoms with Crippen molar-refractivity contribution >= 4 is 27.3 Å². The number of nitrogens with one attached hydrogen (secondary N) is 1. The maximum atomic E-state index is 4.45. The Hall–Kier alpha value is -0.720. The van der Waals surface area contributed by atoms with Crippen LogP contribution in [0.5, 0.6) is 0 Å². The lowest BCUT2D eigenvalue weighted by Gasteiger charge is -2.18. The van der Waals surface area contributed by atoms with E-state index in [1.54, 1.807) is 11.3 Å². The van der Waals surface area contributed by atoms with E-state index in [2.05, 4.69) is 49.9 Å². The van der Waals surface area contributed by atoms with Crippen LogP contribution in [-0.2, 0) is 6.54 Å². The highest BCUT2D eigenvalue weighted by molar-refractivity contribution is 9.10. The highest BCUT2D eigenvalue weighted by Gasteiger charge is 2.22. The number of hydrogen-bond acceptors (Lipinski definition) is 4. The van der Waals surface area contributed by atoms with Crippen LogP contribution < -0.4 is 5.32 Å². The molecule has 0 amide bonds. The Labute approximate surface area is 126 Å². The summed E-state index contributed by atoms with van der Waals surface area (Å²) >= 11 is 5.36. The van der Waals surface area contributed by atoms with Crippen LogP contribution >= 0.6 is 27.3 Å². The standard InChI is InChI=1S/C13H19BrN4S/c1-4-6-18-13(10(14)7-17-18)12(15-5-2)11-8-16-9(3)19-11/h7-8,12,15H,4-6H2,1-3H3. The summed E-state index contributed by atoms with van der Waals surface area (Å²) in [7, 11) is 0. The molecule has 2 rings (SSSR count). The zero-order valence-electron chi connectivity index (χ0n) is 11.5. The fourth-order valence-corrected chi connectivity index (χ4v) is 3.49. The molecule has 0 aliphatic heterocycles. The predicted octanol–water partition coefficient (Wildman–Crippen LogP) is 3.52. The van der Waals surface area contributed by atoms with Gasteiger partial charge in [0, 0.05) is 17.6 Å². The van der Waals surface area contributed by atoms with Crippen LogP contribution in [0.4, 0.5) is 0 Å². The molecule has 104 valence electrons. The van der Waals surface area contributed by atoms with Gasteiger partial charge in [-0.2, -0.15) is 5.10 Å². The zero-order valence-corrected chi connectivity index (χ0v) is 13.9. The molecule has 0 spiro atoms. The van der Waals surface area contributed by atoms with Crippen LogP contribution in [0.2, 0.25) is 0 Å². The minimum absolute atomic E-state index is 0.152. The van der Waals surface area contributed by atoms with Crippen molar-refractivity contribution in [1.82, 2.24) is 20.1 Å². The molecule has 0 fully saturated rings. The molecule has 2 aromatic rings. The second-order valence-electron chi connectivity index (χ2n) is 4.37. The van der Waals surface area contributed by atoms with Gasteiger partial charge in [-0.3, -0.25) is 4.68 Å². The van der Waals surface area contributed by atoms with Gasteiger partial charge in [0.25, 0.3) is 0 Å². The lowest BCUT2D eigenvalue weighted by molar-refractivity contribution is 0.522. The Kier molecular flexibility index (Phi) is 5.13. The molecule has 4 nitrogen and oxygen atoms in total. The molecule has 0 bridgehead atoms. The van der Waals surface area contributed by atoms with E-state index in [0.29, 0.717) is 0 Å². The first kappa shape index (κ1) is 14.7. The van der Waals surface area contributed by atoms with Crippen LogP contribution in [0.15, 0.2) is 16.9 Å². The lowest BCUT2D eigenvalue weighted by Crippen LogP contribution is -2.24. The highest BCUT2D eigenvalue weighted by Crippen LogP contribution is 2.31. The van der Waals surface area contributed by atoms with Crippen molar-refractivity contribution in [3.05, 3.63) is 32.4 Å². The summed E-state index contributed by atoms with van der Waals surface area (Å²) in [6, 6.07) is 0.152. The van der Waals surface area contributed by atoms with Gasteiger partial charge in [-0.15, -0.1) is 11.3 Å². The molecule has 2 aromatic heterocycles. The van der Waals surface area contributed by atoms with Gasteiger partial charge in [-0.05, 0) is 35.8 Å². The van der Waals surface area contributed by atoms with Crippen LogP contribution in [0, 0.1) is 6.92 Å². The molecule has 0 radical (unpaired) electrons. The number of rotatable bonds is 6. The number of aryl methyl sites for hydroxylation is 2. The largest absolute Gasteiger partial charge is 0.305 e. The van der Waals surface area contributed by atoms with E-state index in [0.717, 1.165) is 29.0 Å². The molecule has 19 heavy (non-hydrogen) atoms. The van der Waals surface area contributed by atoms with Gasteiger partial charge < -0.3 is 5.32 Å². The molecule has 1 N–H and O–H groups in total. The third-order valence-electron chi connectivity index (χ3n) is 2.87. The van der Waals surface area contributed by atoms with E-state index in [1.165, 1.54) is 10.6 Å². The molecule has 0 aliphatic carbocycles. The molecule has 0 saturated heterocycles. The Morgan fingerprint density at radius 1 is 1.42 bits per heavy atom. The summed E-state index contributed by atoms with van der Waals surface area (Å²) in [5.41, 5.74) is 1.19. The smallest absolute Gasteiger partial charge is 0.0897 e. The van der Waals surface area contributed by atoms with Gasteiger partial charge in [-0.25, -0.2) is 4.98 Å². The number of halogens is 1. The topological polar surface area (TPSA) is 42.7 Å². The third kappa shape index (κ3) is 3.24. The average Bonchev–Trinajstić information content (AvgIpc) is 2.95. The number of aromatic nitrogens is 3. The van der Waals surface area contributed by atoms with Crippen LogP contribution in [0.1, 0.15) is 41.9 Å². The van der Waals surface area contributed by atoms with E-state index in [-0.39, 0.29) is 6.04 Å². The predicted molar refractivity (Wildman–Crippen MR) is 82.6 cm³/mol. The Bertz CT molecular complexity index is 534. The number of nitrogens with zero attached hydrogens (tertiary/aromatic N) is 3. The van der Waals surface area contributed by atoms with Gasteiger partial charge in [0.2, 0.25) is 0 Å². The first-order valence-corrected chi connectivity index (χ1v) is 8.15. The second kappa shape index (κ2) is 6.63. The molecule has 0 aliphatic rings. The van der Waals surface area contributed by atoms with Gasteiger partial charge >= 0.3 is 0 Å². The van der Waals surface area contributed by atoms with E-state index in [1.807, 2.05) is 19.3 Å². The SMILES string of the molecule is CCCn1ncc(Br)c1C(NCC)c1cnc(C)s1. The molecular weight excluding hydrogens is 324 g/mol. The third-order valence-corrected chi connectivity index (χ3v) is 4.46. The Balaban J connectivity index is 2.41. The van der Waals surface area contributed by atoms with Gasteiger partial charge in [0.05, 0.1) is 27.4 Å². The zero-order chi connectivity index (χ0) is 13.8. The van der Waals surface area contributed by atoms with E-state index in [9.17, 15) is 0 Å². The van der Waals surface area contributed by atoms with Crippen molar-refractivity contribution in [2.75, 3.05) is 6.54 Å².